The molecule has 2 aromatic rings. The summed E-state index contributed by atoms with van der Waals surface area (Å²) in [4.78, 5) is 31.2. The number of imide groups is 1. The summed E-state index contributed by atoms with van der Waals surface area (Å²) in [6.07, 6.45) is 5.28. The van der Waals surface area contributed by atoms with Gasteiger partial charge in [0.2, 0.25) is 11.8 Å². The van der Waals surface area contributed by atoms with Crippen molar-refractivity contribution in [2.75, 3.05) is 0 Å². The van der Waals surface area contributed by atoms with Crippen molar-refractivity contribution in [1.82, 2.24) is 9.88 Å². The van der Waals surface area contributed by atoms with Crippen molar-refractivity contribution in [3.63, 3.8) is 0 Å². The topological polar surface area (TPSA) is 50.3 Å². The summed E-state index contributed by atoms with van der Waals surface area (Å²) in [6.45, 7) is 4.25. The zero-order valence-corrected chi connectivity index (χ0v) is 15.0. The van der Waals surface area contributed by atoms with Crippen LogP contribution in [0.1, 0.15) is 29.5 Å². The van der Waals surface area contributed by atoms with Crippen molar-refractivity contribution in [2.45, 2.75) is 33.2 Å². The Bertz CT molecular complexity index is 909. The van der Waals surface area contributed by atoms with E-state index >= 15 is 0 Å². The van der Waals surface area contributed by atoms with Crippen LogP contribution in [0.3, 0.4) is 0 Å². The fourth-order valence-electron chi connectivity index (χ4n) is 3.81. The lowest BCUT2D eigenvalue weighted by molar-refractivity contribution is -0.140. The summed E-state index contributed by atoms with van der Waals surface area (Å²) in [5, 5.41) is 1.33. The number of likely N-dealkylation sites (tertiary alicyclic amines) is 1. The average Bonchev–Trinajstić information content (AvgIpc) is 2.85. The van der Waals surface area contributed by atoms with Crippen molar-refractivity contribution < 1.29 is 9.59 Å². The van der Waals surface area contributed by atoms with E-state index in [1.54, 1.807) is 0 Å². The van der Waals surface area contributed by atoms with Crippen LogP contribution >= 0.6 is 11.6 Å². The van der Waals surface area contributed by atoms with Crippen molar-refractivity contribution in [3.05, 3.63) is 52.2 Å². The molecule has 25 heavy (non-hydrogen) atoms. The number of carbonyl (C=O) groups is 2. The van der Waals surface area contributed by atoms with E-state index in [1.807, 2.05) is 44.2 Å². The Hall–Kier alpha value is -2.20. The first-order valence-corrected chi connectivity index (χ1v) is 8.90. The van der Waals surface area contributed by atoms with Crippen LogP contribution in [0.5, 0.6) is 0 Å². The fraction of sp³-hybridized carbons (Fsp3) is 0.350. The van der Waals surface area contributed by atoms with Gasteiger partial charge in [0.15, 0.2) is 0 Å². The molecule has 4 nitrogen and oxygen atoms in total. The Morgan fingerprint density at radius 3 is 2.40 bits per heavy atom. The molecule has 0 radical (unpaired) electrons. The van der Waals surface area contributed by atoms with Crippen LogP contribution in [0.15, 0.2) is 30.4 Å². The first-order valence-electron chi connectivity index (χ1n) is 8.53. The van der Waals surface area contributed by atoms with Crippen LogP contribution in [0.2, 0.25) is 5.15 Å². The van der Waals surface area contributed by atoms with Crippen LogP contribution in [0, 0.1) is 25.7 Å². The predicted molar refractivity (Wildman–Crippen MR) is 97.1 cm³/mol. The maximum absolute atomic E-state index is 12.6. The summed E-state index contributed by atoms with van der Waals surface area (Å²) >= 11 is 6.38. The molecule has 1 aromatic heterocycles. The zero-order valence-electron chi connectivity index (χ0n) is 14.3. The lowest BCUT2D eigenvalue weighted by Crippen LogP contribution is -2.30. The Kier molecular flexibility index (Phi) is 3.88. The Morgan fingerprint density at radius 1 is 1.12 bits per heavy atom. The van der Waals surface area contributed by atoms with E-state index in [0.29, 0.717) is 23.6 Å². The molecule has 1 aliphatic carbocycles. The fourth-order valence-corrected chi connectivity index (χ4v) is 4.01. The number of fused-ring (bicyclic) bond motifs is 2. The maximum Gasteiger partial charge on any atom is 0.233 e. The summed E-state index contributed by atoms with van der Waals surface area (Å²) in [5.41, 5.74) is 3.83. The number of benzene rings is 1. The number of rotatable bonds is 2. The molecule has 1 aromatic carbocycles. The maximum atomic E-state index is 12.6. The van der Waals surface area contributed by atoms with Gasteiger partial charge in [0, 0.05) is 10.9 Å². The molecular formula is C20H19ClN2O2. The van der Waals surface area contributed by atoms with Gasteiger partial charge in [-0.1, -0.05) is 35.9 Å². The normalized spacial score (nSPS) is 22.8. The lowest BCUT2D eigenvalue weighted by atomic mass is 9.85. The van der Waals surface area contributed by atoms with Gasteiger partial charge in [0.1, 0.15) is 5.15 Å². The monoisotopic (exact) mass is 354 g/mol. The average molecular weight is 355 g/mol. The van der Waals surface area contributed by atoms with Gasteiger partial charge in [-0.05, 0) is 43.9 Å². The number of pyridine rings is 1. The van der Waals surface area contributed by atoms with Gasteiger partial charge in [-0.2, -0.15) is 0 Å². The molecule has 1 fully saturated rings. The first kappa shape index (κ1) is 16.3. The Morgan fingerprint density at radius 2 is 1.76 bits per heavy atom. The molecule has 0 bridgehead atoms. The standard InChI is InChI=1S/C20H19ClN2O2/c1-11-7-8-13-9-14(18(21)22-17(13)12(11)2)10-23-19(24)15-5-3-4-6-16(15)20(23)25/h3-4,7-9,15-16H,5-6,10H2,1-2H3/t15-,16+. The third kappa shape index (κ3) is 2.56. The number of allylic oxidation sites excluding steroid dienone is 2. The second-order valence-corrected chi connectivity index (χ2v) is 7.29. The molecule has 2 heterocycles. The van der Waals surface area contributed by atoms with Crippen molar-refractivity contribution in [1.29, 1.82) is 0 Å². The van der Waals surface area contributed by atoms with Gasteiger partial charge < -0.3 is 0 Å². The highest BCUT2D eigenvalue weighted by Gasteiger charge is 2.47. The van der Waals surface area contributed by atoms with Crippen LogP contribution in [-0.2, 0) is 16.1 Å². The SMILES string of the molecule is Cc1ccc2cc(CN3C(=O)[C@H]4CC=CC[C@H]4C3=O)c(Cl)nc2c1C. The first-order chi connectivity index (χ1) is 12.0. The summed E-state index contributed by atoms with van der Waals surface area (Å²) in [6, 6.07) is 5.99. The van der Waals surface area contributed by atoms with E-state index in [4.69, 9.17) is 11.6 Å². The molecule has 0 N–H and O–H groups in total. The van der Waals surface area contributed by atoms with E-state index in [1.165, 1.54) is 4.90 Å². The van der Waals surface area contributed by atoms with Gasteiger partial charge in [0.25, 0.3) is 0 Å². The van der Waals surface area contributed by atoms with E-state index in [9.17, 15) is 9.59 Å². The van der Waals surface area contributed by atoms with E-state index in [2.05, 4.69) is 4.98 Å². The highest BCUT2D eigenvalue weighted by atomic mass is 35.5. The number of amides is 2. The van der Waals surface area contributed by atoms with Gasteiger partial charge in [-0.3, -0.25) is 14.5 Å². The number of carbonyl (C=O) groups excluding carboxylic acids is 2. The lowest BCUT2D eigenvalue weighted by Gasteiger charge is -2.16. The second kappa shape index (κ2) is 5.95. The van der Waals surface area contributed by atoms with Gasteiger partial charge >= 0.3 is 0 Å². The minimum absolute atomic E-state index is 0.0874. The Labute approximate surface area is 151 Å². The van der Waals surface area contributed by atoms with Crippen LogP contribution in [0.25, 0.3) is 10.9 Å². The minimum atomic E-state index is -0.213. The van der Waals surface area contributed by atoms with Crippen LogP contribution in [0.4, 0.5) is 0 Å². The number of hydrogen-bond donors (Lipinski definition) is 0. The molecule has 1 aliphatic heterocycles. The number of hydrogen-bond acceptors (Lipinski definition) is 3. The second-order valence-electron chi connectivity index (χ2n) is 6.94. The molecule has 2 amide bonds. The molecule has 2 aliphatic rings. The molecular weight excluding hydrogens is 336 g/mol. The quantitative estimate of drug-likeness (QED) is 0.466. The van der Waals surface area contributed by atoms with Crippen molar-refractivity contribution in [2.24, 2.45) is 11.8 Å². The molecule has 4 rings (SSSR count). The molecule has 0 saturated carbocycles. The third-order valence-corrected chi connectivity index (χ3v) is 5.79. The van der Waals surface area contributed by atoms with Crippen molar-refractivity contribution >= 4 is 34.3 Å². The highest BCUT2D eigenvalue weighted by molar-refractivity contribution is 6.30. The summed E-state index contributed by atoms with van der Waals surface area (Å²) in [7, 11) is 0. The molecule has 128 valence electrons. The zero-order chi connectivity index (χ0) is 17.7. The third-order valence-electron chi connectivity index (χ3n) is 5.47. The number of halogens is 1. The molecule has 5 heteroatoms. The highest BCUT2D eigenvalue weighted by Crippen LogP contribution is 2.36. The van der Waals surface area contributed by atoms with E-state index in [-0.39, 0.29) is 30.2 Å². The van der Waals surface area contributed by atoms with Crippen molar-refractivity contribution in [3.8, 4) is 0 Å². The predicted octanol–water partition coefficient (Wildman–Crippen LogP) is 3.96. The van der Waals surface area contributed by atoms with Gasteiger partial charge in [0.05, 0.1) is 23.9 Å². The van der Waals surface area contributed by atoms with Gasteiger partial charge in [-0.25, -0.2) is 4.98 Å². The molecule has 1 saturated heterocycles. The number of aromatic nitrogens is 1. The van der Waals surface area contributed by atoms with E-state index < -0.39 is 0 Å². The minimum Gasteiger partial charge on any atom is -0.277 e. The molecule has 2 atom stereocenters. The van der Waals surface area contributed by atoms with E-state index in [0.717, 1.165) is 22.0 Å². The van der Waals surface area contributed by atoms with Crippen LogP contribution < -0.4 is 0 Å². The summed E-state index contributed by atoms with van der Waals surface area (Å²) in [5.74, 6) is -0.602. The molecule has 0 unspecified atom stereocenters. The smallest absolute Gasteiger partial charge is 0.233 e. The number of aryl methyl sites for hydroxylation is 2. The summed E-state index contributed by atoms with van der Waals surface area (Å²) < 4.78 is 0. The molecule has 0 spiro atoms. The largest absolute Gasteiger partial charge is 0.277 e. The van der Waals surface area contributed by atoms with Crippen LogP contribution in [-0.4, -0.2) is 21.7 Å². The number of nitrogens with zero attached hydrogens (tertiary/aromatic N) is 2. The van der Waals surface area contributed by atoms with Gasteiger partial charge in [-0.15, -0.1) is 0 Å². The Balaban J connectivity index is 1.69.